The van der Waals surface area contributed by atoms with Crippen LogP contribution in [0, 0.1) is 5.92 Å². The van der Waals surface area contributed by atoms with Crippen molar-refractivity contribution in [2.45, 2.75) is 45.1 Å². The van der Waals surface area contributed by atoms with Gasteiger partial charge >= 0.3 is 0 Å². The molecule has 0 aliphatic carbocycles. The third kappa shape index (κ3) is 4.45. The average molecular weight is 380 g/mol. The van der Waals surface area contributed by atoms with Crippen LogP contribution in [0.3, 0.4) is 0 Å². The molecule has 3 rings (SSSR count). The van der Waals surface area contributed by atoms with Crippen molar-refractivity contribution >= 4 is 16.1 Å². The van der Waals surface area contributed by atoms with E-state index in [1.807, 2.05) is 37.3 Å². The van der Waals surface area contributed by atoms with Crippen LogP contribution >= 0.6 is 0 Å². The lowest BCUT2D eigenvalue weighted by Crippen LogP contribution is -2.50. The topological polar surface area (TPSA) is 69.7 Å². The molecule has 0 bridgehead atoms. The molecular weight excluding hydrogens is 350 g/mol. The minimum Gasteiger partial charge on any atom is -0.349 e. The van der Waals surface area contributed by atoms with Crippen molar-refractivity contribution in [3.8, 4) is 0 Å². The van der Waals surface area contributed by atoms with Gasteiger partial charge in [-0.15, -0.1) is 0 Å². The van der Waals surface area contributed by atoms with Gasteiger partial charge in [-0.05, 0) is 38.2 Å². The Labute approximate surface area is 156 Å². The molecule has 0 spiro atoms. The second-order valence-corrected chi connectivity index (χ2v) is 9.21. The number of carbonyl (C=O) groups is 1. The molecule has 1 amide bonds. The third-order valence-electron chi connectivity index (χ3n) is 5.45. The minimum atomic E-state index is -3.37. The van der Waals surface area contributed by atoms with Gasteiger partial charge in [-0.25, -0.2) is 0 Å². The highest BCUT2D eigenvalue weighted by Gasteiger charge is 2.35. The van der Waals surface area contributed by atoms with E-state index < -0.39 is 10.2 Å². The highest BCUT2D eigenvalue weighted by atomic mass is 32.2. The number of nitrogens with one attached hydrogen (secondary N) is 1. The molecule has 0 unspecified atom stereocenters. The molecule has 0 aromatic heterocycles. The van der Waals surface area contributed by atoms with Gasteiger partial charge in [0.25, 0.3) is 10.2 Å². The van der Waals surface area contributed by atoms with Crippen LogP contribution in [0.2, 0.25) is 0 Å². The van der Waals surface area contributed by atoms with Crippen LogP contribution in [-0.2, 0) is 15.0 Å². The van der Waals surface area contributed by atoms with Crippen LogP contribution in [0.1, 0.15) is 50.6 Å². The van der Waals surface area contributed by atoms with Gasteiger partial charge in [0.15, 0.2) is 0 Å². The summed E-state index contributed by atoms with van der Waals surface area (Å²) >= 11 is 0. The maximum atomic E-state index is 12.7. The first-order valence-corrected chi connectivity index (χ1v) is 11.0. The zero-order valence-corrected chi connectivity index (χ0v) is 16.2. The van der Waals surface area contributed by atoms with Gasteiger partial charge < -0.3 is 5.32 Å². The maximum Gasteiger partial charge on any atom is 0.281 e. The van der Waals surface area contributed by atoms with E-state index >= 15 is 0 Å². The monoisotopic (exact) mass is 379 g/mol. The molecule has 6 nitrogen and oxygen atoms in total. The Morgan fingerprint density at radius 3 is 2.19 bits per heavy atom. The second kappa shape index (κ2) is 8.50. The van der Waals surface area contributed by atoms with Gasteiger partial charge in [-0.1, -0.05) is 36.8 Å². The summed E-state index contributed by atoms with van der Waals surface area (Å²) in [6, 6.07) is 9.83. The van der Waals surface area contributed by atoms with Crippen LogP contribution in [0.4, 0.5) is 0 Å². The Hall–Kier alpha value is -1.44. The van der Waals surface area contributed by atoms with Gasteiger partial charge in [0.05, 0.1) is 6.04 Å². The van der Waals surface area contributed by atoms with Crippen molar-refractivity contribution in [2.75, 3.05) is 26.2 Å². The summed E-state index contributed by atoms with van der Waals surface area (Å²) in [5.41, 5.74) is 1.07. The Kier molecular flexibility index (Phi) is 6.32. The SMILES string of the molecule is C[C@@H](NC(=O)C1CCN(S(=O)(=O)N2CCCCC2)CC1)c1ccccc1. The largest absolute Gasteiger partial charge is 0.349 e. The van der Waals surface area contributed by atoms with E-state index in [1.54, 1.807) is 8.61 Å². The normalized spacial score (nSPS) is 22.0. The van der Waals surface area contributed by atoms with Crippen molar-refractivity contribution in [2.24, 2.45) is 5.92 Å². The van der Waals surface area contributed by atoms with Crippen molar-refractivity contribution in [3.63, 3.8) is 0 Å². The minimum absolute atomic E-state index is 0.0244. The molecule has 2 aliphatic heterocycles. The molecule has 2 saturated heterocycles. The maximum absolute atomic E-state index is 12.7. The standard InChI is InChI=1S/C19H29N3O3S/c1-16(17-8-4-2-5-9-17)20-19(23)18-10-14-22(15-11-18)26(24,25)21-12-6-3-7-13-21/h2,4-5,8-9,16,18H,3,6-7,10-15H2,1H3,(H,20,23)/t16-/m1/s1. The van der Waals surface area contributed by atoms with Crippen molar-refractivity contribution in [1.82, 2.24) is 13.9 Å². The van der Waals surface area contributed by atoms with Gasteiger partial charge in [-0.2, -0.15) is 17.0 Å². The molecule has 7 heteroatoms. The Morgan fingerprint density at radius 1 is 1.00 bits per heavy atom. The second-order valence-electron chi connectivity index (χ2n) is 7.28. The van der Waals surface area contributed by atoms with Crippen LogP contribution in [-0.4, -0.2) is 49.1 Å². The molecule has 2 heterocycles. The summed E-state index contributed by atoms with van der Waals surface area (Å²) < 4.78 is 28.6. The first kappa shape index (κ1) is 19.3. The van der Waals surface area contributed by atoms with Gasteiger partial charge in [0, 0.05) is 32.1 Å². The zero-order chi connectivity index (χ0) is 18.6. The molecule has 1 aromatic carbocycles. The summed E-state index contributed by atoms with van der Waals surface area (Å²) in [5, 5.41) is 3.07. The lowest BCUT2D eigenvalue weighted by molar-refractivity contribution is -0.126. The number of carbonyl (C=O) groups excluding carboxylic acids is 1. The van der Waals surface area contributed by atoms with E-state index in [9.17, 15) is 13.2 Å². The number of piperidine rings is 2. The number of rotatable bonds is 5. The fourth-order valence-corrected chi connectivity index (χ4v) is 5.48. The van der Waals surface area contributed by atoms with Crippen LogP contribution in [0.25, 0.3) is 0 Å². The Bertz CT molecular complexity index is 694. The number of hydrogen-bond donors (Lipinski definition) is 1. The van der Waals surface area contributed by atoms with Gasteiger partial charge in [-0.3, -0.25) is 4.79 Å². The molecular formula is C19H29N3O3S. The predicted molar refractivity (Wildman–Crippen MR) is 102 cm³/mol. The molecule has 2 aliphatic rings. The van der Waals surface area contributed by atoms with E-state index in [0.717, 1.165) is 24.8 Å². The summed E-state index contributed by atoms with van der Waals surface area (Å²) in [7, 11) is -3.37. The van der Waals surface area contributed by atoms with E-state index in [-0.39, 0.29) is 17.9 Å². The first-order chi connectivity index (χ1) is 12.5. The summed E-state index contributed by atoms with van der Waals surface area (Å²) in [4.78, 5) is 12.6. The molecule has 1 atom stereocenters. The molecule has 2 fully saturated rings. The zero-order valence-electron chi connectivity index (χ0n) is 15.4. The smallest absolute Gasteiger partial charge is 0.281 e. The summed E-state index contributed by atoms with van der Waals surface area (Å²) in [6.45, 7) is 4.07. The first-order valence-electron chi connectivity index (χ1n) is 9.59. The fourth-order valence-electron chi connectivity index (χ4n) is 3.76. The quantitative estimate of drug-likeness (QED) is 0.853. The summed E-state index contributed by atoms with van der Waals surface area (Å²) in [6.07, 6.45) is 4.15. The van der Waals surface area contributed by atoms with Crippen molar-refractivity contribution in [1.29, 1.82) is 0 Å². The van der Waals surface area contributed by atoms with Gasteiger partial charge in [0.2, 0.25) is 5.91 Å². The van der Waals surface area contributed by atoms with E-state index in [2.05, 4.69) is 5.32 Å². The number of nitrogens with zero attached hydrogens (tertiary/aromatic N) is 2. The summed E-state index contributed by atoms with van der Waals surface area (Å²) in [5.74, 6) is -0.0923. The molecule has 144 valence electrons. The number of amides is 1. The van der Waals surface area contributed by atoms with E-state index in [4.69, 9.17) is 0 Å². The molecule has 1 N–H and O–H groups in total. The lowest BCUT2D eigenvalue weighted by Gasteiger charge is -2.36. The van der Waals surface area contributed by atoms with Crippen molar-refractivity contribution in [3.05, 3.63) is 35.9 Å². The Balaban J connectivity index is 1.52. The molecule has 0 radical (unpaired) electrons. The van der Waals surface area contributed by atoms with Crippen LogP contribution < -0.4 is 5.32 Å². The van der Waals surface area contributed by atoms with Gasteiger partial charge in [0.1, 0.15) is 0 Å². The molecule has 1 aromatic rings. The lowest BCUT2D eigenvalue weighted by atomic mass is 9.96. The predicted octanol–water partition coefficient (Wildman–Crippen LogP) is 2.31. The van der Waals surface area contributed by atoms with Crippen LogP contribution in [0.15, 0.2) is 30.3 Å². The van der Waals surface area contributed by atoms with E-state index in [0.29, 0.717) is 39.0 Å². The third-order valence-corrected chi connectivity index (χ3v) is 7.49. The van der Waals surface area contributed by atoms with E-state index in [1.165, 1.54) is 0 Å². The fraction of sp³-hybridized carbons (Fsp3) is 0.632. The van der Waals surface area contributed by atoms with Crippen LogP contribution in [0.5, 0.6) is 0 Å². The molecule has 0 saturated carbocycles. The molecule has 26 heavy (non-hydrogen) atoms. The average Bonchev–Trinajstić information content (AvgIpc) is 2.69. The number of hydrogen-bond acceptors (Lipinski definition) is 3. The Morgan fingerprint density at radius 2 is 1.58 bits per heavy atom. The highest BCUT2D eigenvalue weighted by Crippen LogP contribution is 2.24. The highest BCUT2D eigenvalue weighted by molar-refractivity contribution is 7.86. The number of benzene rings is 1. The van der Waals surface area contributed by atoms with Crippen molar-refractivity contribution < 1.29 is 13.2 Å².